The summed E-state index contributed by atoms with van der Waals surface area (Å²) < 4.78 is 0. The molecule has 2 fully saturated rings. The molecule has 1 spiro atoms. The molecule has 1 aromatic carbocycles. The Bertz CT molecular complexity index is 562. The van der Waals surface area contributed by atoms with Gasteiger partial charge in [0.25, 0.3) is 0 Å². The summed E-state index contributed by atoms with van der Waals surface area (Å²) in [6.45, 7) is 1.52. The normalized spacial score (nSPS) is 28.9. The number of carbonyl (C=O) groups is 1. The Morgan fingerprint density at radius 1 is 1.29 bits per heavy atom. The predicted octanol–water partition coefficient (Wildman–Crippen LogP) is 3.05. The summed E-state index contributed by atoms with van der Waals surface area (Å²) in [5, 5.41) is 0. The quantitative estimate of drug-likeness (QED) is 0.927. The van der Waals surface area contributed by atoms with E-state index in [1.807, 2.05) is 6.07 Å². The molecule has 1 aromatic rings. The zero-order chi connectivity index (χ0) is 14.4. The van der Waals surface area contributed by atoms with Crippen molar-refractivity contribution in [1.29, 1.82) is 0 Å². The molecule has 2 N–H and O–H groups in total. The van der Waals surface area contributed by atoms with Crippen molar-refractivity contribution in [1.82, 2.24) is 0 Å². The number of para-hydroxylation sites is 1. The summed E-state index contributed by atoms with van der Waals surface area (Å²) in [7, 11) is 0. The van der Waals surface area contributed by atoms with Crippen molar-refractivity contribution in [3.05, 3.63) is 29.8 Å². The molecule has 1 heterocycles. The molecule has 2 aliphatic carbocycles. The molecule has 4 rings (SSSR count). The number of nitrogens with zero attached hydrogens (tertiary/aromatic N) is 1. The van der Waals surface area contributed by atoms with Gasteiger partial charge in [0.15, 0.2) is 0 Å². The van der Waals surface area contributed by atoms with Gasteiger partial charge in [-0.25, -0.2) is 0 Å². The van der Waals surface area contributed by atoms with E-state index in [1.165, 1.54) is 31.2 Å². The van der Waals surface area contributed by atoms with Gasteiger partial charge in [-0.05, 0) is 49.3 Å². The highest BCUT2D eigenvalue weighted by Gasteiger charge is 2.60. The zero-order valence-corrected chi connectivity index (χ0v) is 12.6. The summed E-state index contributed by atoms with van der Waals surface area (Å²) in [4.78, 5) is 15.0. The SMILES string of the molecule is NCCC1CN(C(=O)C2CC23CCCC3)c2ccccc21. The predicted molar refractivity (Wildman–Crippen MR) is 84.2 cm³/mol. The summed E-state index contributed by atoms with van der Waals surface area (Å²) >= 11 is 0. The summed E-state index contributed by atoms with van der Waals surface area (Å²) in [6, 6.07) is 8.39. The van der Waals surface area contributed by atoms with Gasteiger partial charge in [0.2, 0.25) is 5.91 Å². The maximum Gasteiger partial charge on any atom is 0.230 e. The van der Waals surface area contributed by atoms with Gasteiger partial charge in [-0.3, -0.25) is 4.79 Å². The highest BCUT2D eigenvalue weighted by Crippen LogP contribution is 2.63. The zero-order valence-electron chi connectivity index (χ0n) is 12.6. The van der Waals surface area contributed by atoms with Crippen molar-refractivity contribution in [2.45, 2.75) is 44.4 Å². The Balaban J connectivity index is 1.57. The molecule has 1 amide bonds. The smallest absolute Gasteiger partial charge is 0.230 e. The van der Waals surface area contributed by atoms with Crippen LogP contribution in [0.4, 0.5) is 5.69 Å². The van der Waals surface area contributed by atoms with Crippen LogP contribution in [-0.4, -0.2) is 19.0 Å². The standard InChI is InChI=1S/C18H24N2O/c19-10-7-13-12-20(16-6-2-1-5-14(13)16)17(21)15-11-18(15)8-3-4-9-18/h1-2,5-6,13,15H,3-4,7-12,19H2. The molecule has 2 atom stereocenters. The van der Waals surface area contributed by atoms with Crippen LogP contribution in [0.3, 0.4) is 0 Å². The van der Waals surface area contributed by atoms with E-state index in [1.54, 1.807) is 0 Å². The topological polar surface area (TPSA) is 46.3 Å². The van der Waals surface area contributed by atoms with Crippen LogP contribution < -0.4 is 10.6 Å². The van der Waals surface area contributed by atoms with Gasteiger partial charge in [-0.1, -0.05) is 31.0 Å². The molecule has 2 saturated carbocycles. The van der Waals surface area contributed by atoms with Crippen LogP contribution in [0.5, 0.6) is 0 Å². The molecule has 1 aliphatic heterocycles. The van der Waals surface area contributed by atoms with Crippen molar-refractivity contribution in [3.63, 3.8) is 0 Å². The lowest BCUT2D eigenvalue weighted by Gasteiger charge is -2.19. The number of benzene rings is 1. The highest BCUT2D eigenvalue weighted by molar-refractivity contribution is 5.99. The Hall–Kier alpha value is -1.35. The lowest BCUT2D eigenvalue weighted by molar-refractivity contribution is -0.120. The third kappa shape index (κ3) is 2.02. The number of anilines is 1. The van der Waals surface area contributed by atoms with Gasteiger partial charge >= 0.3 is 0 Å². The molecule has 21 heavy (non-hydrogen) atoms. The summed E-state index contributed by atoms with van der Waals surface area (Å²) in [6.07, 6.45) is 7.27. The van der Waals surface area contributed by atoms with Crippen LogP contribution in [0.2, 0.25) is 0 Å². The molecule has 3 aliphatic rings. The number of rotatable bonds is 3. The number of hydrogen-bond donors (Lipinski definition) is 1. The van der Waals surface area contributed by atoms with Crippen LogP contribution in [0.15, 0.2) is 24.3 Å². The number of hydrogen-bond acceptors (Lipinski definition) is 2. The van der Waals surface area contributed by atoms with Gasteiger partial charge in [-0.15, -0.1) is 0 Å². The number of carbonyl (C=O) groups excluding carboxylic acids is 1. The van der Waals surface area contributed by atoms with Crippen LogP contribution in [0, 0.1) is 11.3 Å². The summed E-state index contributed by atoms with van der Waals surface area (Å²) in [5.74, 6) is 1.10. The van der Waals surface area contributed by atoms with E-state index in [0.29, 0.717) is 29.7 Å². The molecule has 3 heteroatoms. The fourth-order valence-corrected chi connectivity index (χ4v) is 4.67. The molecular formula is C18H24N2O. The minimum absolute atomic E-state index is 0.296. The number of nitrogens with two attached hydrogens (primary N) is 1. The van der Waals surface area contributed by atoms with Crippen molar-refractivity contribution in [2.75, 3.05) is 18.0 Å². The van der Waals surface area contributed by atoms with E-state index in [-0.39, 0.29) is 0 Å². The molecule has 0 bridgehead atoms. The lowest BCUT2D eigenvalue weighted by Crippen LogP contribution is -2.32. The molecule has 0 aromatic heterocycles. The maximum atomic E-state index is 13.0. The Morgan fingerprint density at radius 2 is 2.05 bits per heavy atom. The molecule has 0 saturated heterocycles. The molecular weight excluding hydrogens is 260 g/mol. The maximum absolute atomic E-state index is 13.0. The first-order valence-electron chi connectivity index (χ1n) is 8.35. The van der Waals surface area contributed by atoms with Crippen molar-refractivity contribution < 1.29 is 4.79 Å². The third-order valence-electron chi connectivity index (χ3n) is 5.94. The molecule has 0 radical (unpaired) electrons. The van der Waals surface area contributed by atoms with Crippen molar-refractivity contribution >= 4 is 11.6 Å². The first kappa shape index (κ1) is 13.3. The minimum Gasteiger partial charge on any atom is -0.330 e. The fourth-order valence-electron chi connectivity index (χ4n) is 4.67. The first-order valence-corrected chi connectivity index (χ1v) is 8.35. The highest BCUT2D eigenvalue weighted by atomic mass is 16.2. The molecule has 3 nitrogen and oxygen atoms in total. The largest absolute Gasteiger partial charge is 0.330 e. The van der Waals surface area contributed by atoms with Gasteiger partial charge < -0.3 is 10.6 Å². The van der Waals surface area contributed by atoms with Gasteiger partial charge in [0, 0.05) is 24.1 Å². The second kappa shape index (κ2) is 4.84. The molecule has 2 unspecified atom stereocenters. The second-order valence-corrected chi connectivity index (χ2v) is 7.11. The average molecular weight is 284 g/mol. The van der Waals surface area contributed by atoms with Crippen LogP contribution in [-0.2, 0) is 4.79 Å². The monoisotopic (exact) mass is 284 g/mol. The van der Waals surface area contributed by atoms with Crippen molar-refractivity contribution in [2.24, 2.45) is 17.1 Å². The van der Waals surface area contributed by atoms with E-state index in [0.717, 1.165) is 25.1 Å². The first-order chi connectivity index (χ1) is 10.2. The van der Waals surface area contributed by atoms with Crippen molar-refractivity contribution in [3.8, 4) is 0 Å². The van der Waals surface area contributed by atoms with Crippen LogP contribution >= 0.6 is 0 Å². The van der Waals surface area contributed by atoms with E-state index < -0.39 is 0 Å². The lowest BCUT2D eigenvalue weighted by atomic mass is 9.98. The second-order valence-electron chi connectivity index (χ2n) is 7.11. The van der Waals surface area contributed by atoms with Crippen LogP contribution in [0.25, 0.3) is 0 Å². The van der Waals surface area contributed by atoms with Gasteiger partial charge in [-0.2, -0.15) is 0 Å². The Labute approximate surface area is 126 Å². The minimum atomic E-state index is 0.296. The fraction of sp³-hybridized carbons (Fsp3) is 0.611. The third-order valence-corrected chi connectivity index (χ3v) is 5.94. The van der Waals surface area contributed by atoms with E-state index in [4.69, 9.17) is 5.73 Å². The average Bonchev–Trinajstić information content (AvgIpc) is 2.83. The Kier molecular flexibility index (Phi) is 3.07. The number of fused-ring (bicyclic) bond motifs is 1. The summed E-state index contributed by atoms with van der Waals surface area (Å²) in [5.41, 5.74) is 8.59. The van der Waals surface area contributed by atoms with Crippen LogP contribution in [0.1, 0.15) is 50.0 Å². The van der Waals surface area contributed by atoms with Gasteiger partial charge in [0.05, 0.1) is 0 Å². The van der Waals surface area contributed by atoms with Gasteiger partial charge in [0.1, 0.15) is 0 Å². The van der Waals surface area contributed by atoms with E-state index in [2.05, 4.69) is 23.1 Å². The van der Waals surface area contributed by atoms with E-state index >= 15 is 0 Å². The number of amides is 1. The van der Waals surface area contributed by atoms with E-state index in [9.17, 15) is 4.79 Å². The Morgan fingerprint density at radius 3 is 2.81 bits per heavy atom. The molecule has 112 valence electrons.